The average molecular weight is 153 g/mol. The molecule has 0 aliphatic heterocycles. The van der Waals surface area contributed by atoms with Crippen molar-refractivity contribution in [3.8, 4) is 0 Å². The number of nitrogens with two attached hydrogens (primary N) is 2. The summed E-state index contributed by atoms with van der Waals surface area (Å²) in [6, 6.07) is 0. The van der Waals surface area contributed by atoms with Crippen LogP contribution in [0, 0.1) is 0 Å². The molecule has 4 heteroatoms. The molecule has 2 nitrogen and oxygen atoms in total. The van der Waals surface area contributed by atoms with Crippen LogP contribution in [0.15, 0.2) is 0 Å². The Morgan fingerprint density at radius 1 is 1.40 bits per heavy atom. The van der Waals surface area contributed by atoms with Crippen LogP contribution in [0.1, 0.15) is 0 Å². The summed E-state index contributed by atoms with van der Waals surface area (Å²) in [5.74, 6) is 0. The first-order chi connectivity index (χ1) is 1.73. The van der Waals surface area contributed by atoms with Gasteiger partial charge in [0.1, 0.15) is 0 Å². The first-order valence-corrected chi connectivity index (χ1v) is 1.19. The fraction of sp³-hybridized carbons (Fsp3) is 0. The van der Waals surface area contributed by atoms with Crippen LogP contribution in [0.4, 0.5) is 0 Å². The first-order valence-electron chi connectivity index (χ1n) is 0.781. The van der Waals surface area contributed by atoms with Crippen molar-refractivity contribution < 1.29 is 0 Å². The van der Waals surface area contributed by atoms with Crippen LogP contribution in [0.3, 0.4) is 0 Å². The zero-order chi connectivity index (χ0) is 3.58. The second-order valence-electron chi connectivity index (χ2n) is 0.402. The number of hydrogen-bond donors (Lipinski definition) is 2. The van der Waals surface area contributed by atoms with Crippen molar-refractivity contribution in [3.63, 3.8) is 0 Å². The Hall–Kier alpha value is 0.233. The molecule has 0 fully saturated rings. The third-order valence-electron chi connectivity index (χ3n) is 0. The van der Waals surface area contributed by atoms with Gasteiger partial charge >= 0.3 is 17.6 Å². The SMILES string of the molecule is NC(N)=S.[GeH4]. The van der Waals surface area contributed by atoms with Crippen molar-refractivity contribution in [2.75, 3.05) is 0 Å². The predicted molar refractivity (Wildman–Crippen MR) is 32.3 cm³/mol. The molecule has 32 valence electrons. The molecule has 0 aromatic rings. The summed E-state index contributed by atoms with van der Waals surface area (Å²) < 4.78 is 0. The molecule has 0 aromatic heterocycles. The molecule has 0 unspecified atom stereocenters. The van der Waals surface area contributed by atoms with E-state index in [-0.39, 0.29) is 22.7 Å². The van der Waals surface area contributed by atoms with E-state index in [9.17, 15) is 0 Å². The van der Waals surface area contributed by atoms with Gasteiger partial charge in [0, 0.05) is 0 Å². The van der Waals surface area contributed by atoms with Gasteiger partial charge in [-0.05, 0) is 12.2 Å². The molecular weight excluding hydrogens is 145 g/mol. The van der Waals surface area contributed by atoms with Gasteiger partial charge in [-0.15, -0.1) is 0 Å². The van der Waals surface area contributed by atoms with Gasteiger partial charge in [-0.2, -0.15) is 0 Å². The topological polar surface area (TPSA) is 52.0 Å². The van der Waals surface area contributed by atoms with Crippen LogP contribution in [-0.2, 0) is 0 Å². The number of rotatable bonds is 0. The molecule has 0 amide bonds. The van der Waals surface area contributed by atoms with E-state index in [0.717, 1.165) is 0 Å². The summed E-state index contributed by atoms with van der Waals surface area (Å²) in [6.45, 7) is 0. The Kier molecular flexibility index (Phi) is 7.59. The van der Waals surface area contributed by atoms with Crippen molar-refractivity contribution in [1.29, 1.82) is 0 Å². The van der Waals surface area contributed by atoms with Crippen molar-refractivity contribution in [2.45, 2.75) is 0 Å². The summed E-state index contributed by atoms with van der Waals surface area (Å²) in [5.41, 5.74) is 9.24. The van der Waals surface area contributed by atoms with Gasteiger partial charge in [0.2, 0.25) is 0 Å². The van der Waals surface area contributed by atoms with E-state index in [1.165, 1.54) is 0 Å². The molecule has 0 heterocycles. The van der Waals surface area contributed by atoms with E-state index in [2.05, 4.69) is 23.7 Å². The van der Waals surface area contributed by atoms with Crippen molar-refractivity contribution in [3.05, 3.63) is 0 Å². The van der Waals surface area contributed by atoms with Crippen molar-refractivity contribution >= 4 is 34.9 Å². The summed E-state index contributed by atoms with van der Waals surface area (Å²) in [5, 5.41) is 0.000000000000000222. The Morgan fingerprint density at radius 3 is 1.40 bits per heavy atom. The third-order valence-corrected chi connectivity index (χ3v) is 0. The van der Waals surface area contributed by atoms with E-state index in [1.807, 2.05) is 0 Å². The molecule has 0 spiro atoms. The summed E-state index contributed by atoms with van der Waals surface area (Å²) in [7, 11) is 0. The molecule has 0 rings (SSSR count). The molecule has 0 saturated carbocycles. The van der Waals surface area contributed by atoms with Crippen LogP contribution in [-0.4, -0.2) is 22.7 Å². The third kappa shape index (κ3) is 389. The molecule has 0 aliphatic rings. The molecule has 5 heavy (non-hydrogen) atoms. The van der Waals surface area contributed by atoms with E-state index in [1.54, 1.807) is 0 Å². The second kappa shape index (κ2) is 4.23. The summed E-state index contributed by atoms with van der Waals surface area (Å²) in [4.78, 5) is 0. The normalized spacial score (nSPS) is 4.80. The van der Waals surface area contributed by atoms with E-state index < -0.39 is 0 Å². The molecular formula is CH8GeN2S. The standard InChI is InChI=1S/CH4N2S.GeH4/c2-1(3)4;/h(H4,2,3,4);1H4. The van der Waals surface area contributed by atoms with Crippen molar-refractivity contribution in [2.24, 2.45) is 11.5 Å². The fourth-order valence-corrected chi connectivity index (χ4v) is 0. The van der Waals surface area contributed by atoms with Gasteiger partial charge in [-0.1, -0.05) is 0 Å². The van der Waals surface area contributed by atoms with E-state index in [4.69, 9.17) is 0 Å². The fourth-order valence-electron chi connectivity index (χ4n) is 0. The Morgan fingerprint density at radius 2 is 1.40 bits per heavy atom. The molecule has 0 aromatic carbocycles. The quantitative estimate of drug-likeness (QED) is 0.305. The van der Waals surface area contributed by atoms with Crippen LogP contribution in [0.2, 0.25) is 0 Å². The van der Waals surface area contributed by atoms with E-state index in [0.29, 0.717) is 0 Å². The van der Waals surface area contributed by atoms with Gasteiger partial charge in [-0.25, -0.2) is 0 Å². The predicted octanol–water partition coefficient (Wildman–Crippen LogP) is -2.26. The van der Waals surface area contributed by atoms with E-state index >= 15 is 0 Å². The van der Waals surface area contributed by atoms with Crippen molar-refractivity contribution in [1.82, 2.24) is 0 Å². The summed E-state index contributed by atoms with van der Waals surface area (Å²) >= 11 is 4.09. The molecule has 0 bridgehead atoms. The number of hydrogen-bond acceptors (Lipinski definition) is 1. The van der Waals surface area contributed by atoms with Gasteiger partial charge in [0.15, 0.2) is 5.11 Å². The van der Waals surface area contributed by atoms with Crippen LogP contribution in [0.5, 0.6) is 0 Å². The zero-order valence-electron chi connectivity index (χ0n) is 2.06. The average Bonchev–Trinajstić information content (AvgIpc) is 0.811. The number of thiocarbonyl (C=S) groups is 1. The maximum absolute atomic E-state index is 4.62. The van der Waals surface area contributed by atoms with Gasteiger partial charge in [0.05, 0.1) is 0 Å². The van der Waals surface area contributed by atoms with Crippen LogP contribution >= 0.6 is 12.2 Å². The van der Waals surface area contributed by atoms with Crippen LogP contribution in [0.25, 0.3) is 0 Å². The molecule has 0 aliphatic carbocycles. The Labute approximate surface area is 46.9 Å². The van der Waals surface area contributed by atoms with Gasteiger partial charge < -0.3 is 11.5 Å². The van der Waals surface area contributed by atoms with Crippen LogP contribution < -0.4 is 11.5 Å². The molecule has 0 atom stereocenters. The zero-order valence-corrected chi connectivity index (χ0v) is 2.88. The monoisotopic (exact) mass is 154 g/mol. The summed E-state index contributed by atoms with van der Waals surface area (Å²) in [6.07, 6.45) is 0. The first kappa shape index (κ1) is 8.97. The maximum atomic E-state index is 4.62. The minimum absolute atomic E-state index is 0. The van der Waals surface area contributed by atoms with Gasteiger partial charge in [-0.3, -0.25) is 0 Å². The second-order valence-corrected chi connectivity index (χ2v) is 0.874. The molecule has 0 radical (unpaired) electrons. The van der Waals surface area contributed by atoms with Gasteiger partial charge in [0.25, 0.3) is 0 Å². The Bertz CT molecular complexity index is 32.6. The minimum atomic E-state index is 0. The Balaban J connectivity index is 0. The molecule has 4 N–H and O–H groups in total. The molecule has 0 saturated heterocycles.